The van der Waals surface area contributed by atoms with Gasteiger partial charge >= 0.3 is 0 Å². The van der Waals surface area contributed by atoms with Gasteiger partial charge in [0.25, 0.3) is 0 Å². The molecule has 0 spiro atoms. The molecule has 1 N–H and O–H groups in total. The summed E-state index contributed by atoms with van der Waals surface area (Å²) in [5.74, 6) is -0.332. The Kier molecular flexibility index (Phi) is 5.07. The van der Waals surface area contributed by atoms with Crippen LogP contribution >= 0.6 is 24.0 Å². The van der Waals surface area contributed by atoms with E-state index in [9.17, 15) is 4.39 Å². The fourth-order valence-corrected chi connectivity index (χ4v) is 3.39. The molecule has 2 bridgehead atoms. The lowest BCUT2D eigenvalue weighted by Gasteiger charge is -2.27. The van der Waals surface area contributed by atoms with Gasteiger partial charge in [-0.15, -0.1) is 12.4 Å². The van der Waals surface area contributed by atoms with Gasteiger partial charge in [-0.2, -0.15) is 0 Å². The summed E-state index contributed by atoms with van der Waals surface area (Å²) >= 11 is 5.85. The van der Waals surface area contributed by atoms with Gasteiger partial charge in [0.05, 0.1) is 5.02 Å². The van der Waals surface area contributed by atoms with Crippen LogP contribution in [0.15, 0.2) is 18.2 Å². The van der Waals surface area contributed by atoms with E-state index in [2.05, 4.69) is 10.2 Å². The van der Waals surface area contributed by atoms with Crippen LogP contribution in [0.5, 0.6) is 0 Å². The standard InChI is InChI=1S/C14H18ClFN2.ClH/c15-13-7-10(1-4-14(13)16)9-18-11-2-3-12(18)8-17-6-5-11;/h1,4,7,11-12,17H,2-3,5-6,8-9H2;1H. The first-order valence-electron chi connectivity index (χ1n) is 6.64. The minimum absolute atomic E-state index is 0. The molecule has 0 radical (unpaired) electrons. The van der Waals surface area contributed by atoms with Crippen LogP contribution < -0.4 is 5.32 Å². The lowest BCUT2D eigenvalue weighted by atomic mass is 10.1. The Hall–Kier alpha value is -0.350. The highest BCUT2D eigenvalue weighted by Gasteiger charge is 2.34. The summed E-state index contributed by atoms with van der Waals surface area (Å²) in [5, 5.41) is 3.72. The zero-order valence-corrected chi connectivity index (χ0v) is 12.3. The van der Waals surface area contributed by atoms with E-state index in [0.29, 0.717) is 12.1 Å². The monoisotopic (exact) mass is 304 g/mol. The average Bonchev–Trinajstić information content (AvgIpc) is 2.58. The molecule has 2 saturated heterocycles. The number of fused-ring (bicyclic) bond motifs is 2. The van der Waals surface area contributed by atoms with E-state index >= 15 is 0 Å². The first-order valence-corrected chi connectivity index (χ1v) is 7.02. The Bertz CT molecular complexity index is 427. The third-order valence-corrected chi connectivity index (χ3v) is 4.44. The third kappa shape index (κ3) is 3.22. The quantitative estimate of drug-likeness (QED) is 0.902. The van der Waals surface area contributed by atoms with Crippen molar-refractivity contribution in [2.45, 2.75) is 37.9 Å². The van der Waals surface area contributed by atoms with Crippen molar-refractivity contribution in [2.75, 3.05) is 13.1 Å². The van der Waals surface area contributed by atoms with E-state index in [1.54, 1.807) is 6.07 Å². The molecular formula is C14H19Cl2FN2. The number of halogens is 3. The number of hydrogen-bond donors (Lipinski definition) is 1. The second kappa shape index (κ2) is 6.40. The molecule has 2 fully saturated rings. The maximum absolute atomic E-state index is 13.2. The number of rotatable bonds is 2. The number of hydrogen-bond acceptors (Lipinski definition) is 2. The highest BCUT2D eigenvalue weighted by atomic mass is 35.5. The van der Waals surface area contributed by atoms with Gasteiger partial charge in [0.1, 0.15) is 5.82 Å². The van der Waals surface area contributed by atoms with Crippen LogP contribution in [0.4, 0.5) is 4.39 Å². The largest absolute Gasteiger partial charge is 0.315 e. The number of nitrogens with one attached hydrogen (secondary N) is 1. The molecule has 2 aliphatic heterocycles. The first kappa shape index (κ1) is 15.0. The summed E-state index contributed by atoms with van der Waals surface area (Å²) in [7, 11) is 0. The van der Waals surface area contributed by atoms with Crippen LogP contribution in [-0.4, -0.2) is 30.1 Å². The SMILES string of the molecule is Cl.Fc1ccc(CN2C3CCNCC2CC3)cc1Cl. The Labute approximate surface area is 124 Å². The van der Waals surface area contributed by atoms with Crippen molar-refractivity contribution in [2.24, 2.45) is 0 Å². The Balaban J connectivity index is 0.00000133. The van der Waals surface area contributed by atoms with Crippen molar-refractivity contribution >= 4 is 24.0 Å². The van der Waals surface area contributed by atoms with Gasteiger partial charge in [-0.1, -0.05) is 17.7 Å². The summed E-state index contributed by atoms with van der Waals surface area (Å²) in [6.07, 6.45) is 3.78. The van der Waals surface area contributed by atoms with E-state index in [0.717, 1.165) is 25.2 Å². The van der Waals surface area contributed by atoms with Gasteiger partial charge in [-0.25, -0.2) is 4.39 Å². The van der Waals surface area contributed by atoms with Crippen molar-refractivity contribution in [1.29, 1.82) is 0 Å². The molecular weight excluding hydrogens is 286 g/mol. The molecule has 5 heteroatoms. The van der Waals surface area contributed by atoms with Gasteiger partial charge in [0.2, 0.25) is 0 Å². The van der Waals surface area contributed by atoms with Gasteiger partial charge in [0, 0.05) is 25.2 Å². The topological polar surface area (TPSA) is 15.3 Å². The van der Waals surface area contributed by atoms with Gasteiger partial charge in [-0.3, -0.25) is 4.90 Å². The second-order valence-electron chi connectivity index (χ2n) is 5.30. The molecule has 0 saturated carbocycles. The summed E-state index contributed by atoms with van der Waals surface area (Å²) in [6.45, 7) is 3.07. The first-order chi connectivity index (χ1) is 8.74. The van der Waals surface area contributed by atoms with Crippen LogP contribution in [0.3, 0.4) is 0 Å². The highest BCUT2D eigenvalue weighted by Crippen LogP contribution is 2.30. The van der Waals surface area contributed by atoms with E-state index in [4.69, 9.17) is 11.6 Å². The van der Waals surface area contributed by atoms with Crippen molar-refractivity contribution in [3.63, 3.8) is 0 Å². The van der Waals surface area contributed by atoms with Crippen molar-refractivity contribution in [3.05, 3.63) is 34.6 Å². The number of benzene rings is 1. The predicted octanol–water partition coefficient (Wildman–Crippen LogP) is 3.23. The lowest BCUT2D eigenvalue weighted by molar-refractivity contribution is 0.193. The zero-order chi connectivity index (χ0) is 12.5. The lowest BCUT2D eigenvalue weighted by Crippen LogP contribution is -2.37. The molecule has 106 valence electrons. The molecule has 3 rings (SSSR count). The fourth-order valence-electron chi connectivity index (χ4n) is 3.19. The van der Waals surface area contributed by atoms with Gasteiger partial charge in [-0.05, 0) is 43.5 Å². The van der Waals surface area contributed by atoms with E-state index in [1.807, 2.05) is 6.07 Å². The van der Waals surface area contributed by atoms with Gasteiger partial charge in [0.15, 0.2) is 0 Å². The molecule has 0 aromatic heterocycles. The maximum atomic E-state index is 13.2. The molecule has 0 aliphatic carbocycles. The Morgan fingerprint density at radius 1 is 1.26 bits per heavy atom. The summed E-state index contributed by atoms with van der Waals surface area (Å²) < 4.78 is 13.2. The number of nitrogens with zero attached hydrogens (tertiary/aromatic N) is 1. The molecule has 2 aliphatic rings. The third-order valence-electron chi connectivity index (χ3n) is 4.15. The molecule has 0 amide bonds. The van der Waals surface area contributed by atoms with Gasteiger partial charge < -0.3 is 5.32 Å². The maximum Gasteiger partial charge on any atom is 0.141 e. The molecule has 2 nitrogen and oxygen atoms in total. The van der Waals surface area contributed by atoms with Crippen LogP contribution in [0, 0.1) is 5.82 Å². The molecule has 1 aromatic carbocycles. The fraction of sp³-hybridized carbons (Fsp3) is 0.571. The van der Waals surface area contributed by atoms with Crippen LogP contribution in [0.2, 0.25) is 5.02 Å². The smallest absolute Gasteiger partial charge is 0.141 e. The van der Waals surface area contributed by atoms with E-state index in [-0.39, 0.29) is 23.2 Å². The second-order valence-corrected chi connectivity index (χ2v) is 5.71. The minimum Gasteiger partial charge on any atom is -0.315 e. The molecule has 2 heterocycles. The van der Waals surface area contributed by atoms with E-state index < -0.39 is 0 Å². The van der Waals surface area contributed by atoms with Crippen LogP contribution in [0.1, 0.15) is 24.8 Å². The minimum atomic E-state index is -0.332. The molecule has 2 atom stereocenters. The normalized spacial score (nSPS) is 26.8. The highest BCUT2D eigenvalue weighted by molar-refractivity contribution is 6.30. The summed E-state index contributed by atoms with van der Waals surface area (Å²) in [6, 6.07) is 6.37. The van der Waals surface area contributed by atoms with Crippen molar-refractivity contribution < 1.29 is 4.39 Å². The summed E-state index contributed by atoms with van der Waals surface area (Å²) in [4.78, 5) is 2.56. The predicted molar refractivity (Wildman–Crippen MR) is 78.5 cm³/mol. The van der Waals surface area contributed by atoms with Crippen LogP contribution in [-0.2, 0) is 6.54 Å². The Morgan fingerprint density at radius 3 is 2.84 bits per heavy atom. The van der Waals surface area contributed by atoms with Crippen molar-refractivity contribution in [3.8, 4) is 0 Å². The zero-order valence-electron chi connectivity index (χ0n) is 10.7. The molecule has 2 unspecified atom stereocenters. The van der Waals surface area contributed by atoms with Crippen molar-refractivity contribution in [1.82, 2.24) is 10.2 Å². The summed E-state index contributed by atoms with van der Waals surface area (Å²) in [5.41, 5.74) is 1.11. The van der Waals surface area contributed by atoms with Crippen LogP contribution in [0.25, 0.3) is 0 Å². The molecule has 19 heavy (non-hydrogen) atoms. The van der Waals surface area contributed by atoms with E-state index in [1.165, 1.54) is 25.3 Å². The molecule has 1 aromatic rings. The Morgan fingerprint density at radius 2 is 2.05 bits per heavy atom. The average molecular weight is 305 g/mol.